The van der Waals surface area contributed by atoms with Crippen molar-refractivity contribution >= 4 is 22.5 Å². The third-order valence-electron chi connectivity index (χ3n) is 5.68. The number of anilines is 1. The fourth-order valence-electron chi connectivity index (χ4n) is 3.92. The van der Waals surface area contributed by atoms with Crippen LogP contribution in [0.3, 0.4) is 0 Å². The first-order chi connectivity index (χ1) is 16.1. The number of nitrogens with one attached hydrogen (secondary N) is 1. The van der Waals surface area contributed by atoms with Gasteiger partial charge in [0.05, 0.1) is 12.1 Å². The lowest BCUT2D eigenvalue weighted by molar-refractivity contribution is -0.286. The molecule has 0 atom stereocenters. The third-order valence-corrected chi connectivity index (χ3v) is 5.68. The van der Waals surface area contributed by atoms with Gasteiger partial charge in [0.1, 0.15) is 0 Å². The van der Waals surface area contributed by atoms with Gasteiger partial charge in [-0.15, -0.1) is 8.78 Å². The molecule has 0 aliphatic carbocycles. The van der Waals surface area contributed by atoms with Crippen molar-refractivity contribution in [2.45, 2.75) is 39.0 Å². The Morgan fingerprint density at radius 1 is 1.00 bits per heavy atom. The Labute approximate surface area is 195 Å². The summed E-state index contributed by atoms with van der Waals surface area (Å²) in [7, 11) is 0. The normalized spacial score (nSPS) is 14.4. The van der Waals surface area contributed by atoms with Crippen LogP contribution in [-0.2, 0) is 12.0 Å². The minimum absolute atomic E-state index is 0.0623. The van der Waals surface area contributed by atoms with Crippen LogP contribution >= 0.6 is 0 Å². The van der Waals surface area contributed by atoms with Crippen molar-refractivity contribution < 1.29 is 23.0 Å². The number of carbonyl (C=O) groups excluding carboxylic acids is 1. The predicted molar refractivity (Wildman–Crippen MR) is 125 cm³/mol. The van der Waals surface area contributed by atoms with E-state index in [9.17, 15) is 13.6 Å². The van der Waals surface area contributed by atoms with Crippen LogP contribution in [0.5, 0.6) is 11.5 Å². The molecule has 3 aromatic carbocycles. The zero-order chi connectivity index (χ0) is 24.1. The van der Waals surface area contributed by atoms with Crippen LogP contribution in [0, 0.1) is 0 Å². The number of fused-ring (bicyclic) bond motifs is 2. The molecule has 1 amide bonds. The molecule has 5 rings (SSSR count). The lowest BCUT2D eigenvalue weighted by Gasteiger charge is -2.19. The van der Waals surface area contributed by atoms with E-state index in [-0.39, 0.29) is 22.6 Å². The Bertz CT molecular complexity index is 1390. The van der Waals surface area contributed by atoms with Crippen LogP contribution in [-0.4, -0.2) is 22.0 Å². The molecule has 1 aliphatic rings. The number of rotatable bonds is 4. The molecule has 34 heavy (non-hydrogen) atoms. The summed E-state index contributed by atoms with van der Waals surface area (Å²) in [6, 6.07) is 19.9. The second-order valence-corrected chi connectivity index (χ2v) is 9.25. The van der Waals surface area contributed by atoms with Crippen molar-refractivity contribution in [2.24, 2.45) is 0 Å². The van der Waals surface area contributed by atoms with Crippen LogP contribution in [0.1, 0.15) is 42.4 Å². The minimum Gasteiger partial charge on any atom is -0.395 e. The van der Waals surface area contributed by atoms with Crippen molar-refractivity contribution in [3.8, 4) is 11.5 Å². The number of para-hydroxylation sites is 1. The van der Waals surface area contributed by atoms with Gasteiger partial charge in [-0.3, -0.25) is 9.48 Å². The van der Waals surface area contributed by atoms with Crippen LogP contribution in [0.2, 0.25) is 0 Å². The number of hydrogen-bond donors (Lipinski definition) is 1. The standard InChI is InChI=1S/C26H23F2N3O3/c1-25(2,3)17-10-8-16(9-11-17)15-31-20-7-5-4-6-19(20)23(30-31)24(32)29-18-12-13-21-22(14-18)34-26(27,28)33-21/h4-14H,15H2,1-3H3,(H,29,32). The molecule has 0 saturated heterocycles. The molecule has 0 spiro atoms. The number of amides is 1. The Kier molecular flexibility index (Phi) is 5.04. The maximum Gasteiger partial charge on any atom is 0.586 e. The summed E-state index contributed by atoms with van der Waals surface area (Å²) in [6.07, 6.45) is -3.72. The summed E-state index contributed by atoms with van der Waals surface area (Å²) in [4.78, 5) is 13.1. The van der Waals surface area contributed by atoms with Crippen LogP contribution in [0.25, 0.3) is 10.9 Å². The molecule has 1 N–H and O–H groups in total. The first kappa shape index (κ1) is 21.9. The van der Waals surface area contributed by atoms with Crippen molar-refractivity contribution in [3.05, 3.63) is 83.6 Å². The number of benzene rings is 3. The summed E-state index contributed by atoms with van der Waals surface area (Å²) in [6.45, 7) is 7.00. The average Bonchev–Trinajstić information content (AvgIpc) is 3.29. The zero-order valence-corrected chi connectivity index (χ0v) is 18.9. The molecule has 0 saturated carbocycles. The van der Waals surface area contributed by atoms with Crippen LogP contribution < -0.4 is 14.8 Å². The minimum atomic E-state index is -3.72. The van der Waals surface area contributed by atoms with Gasteiger partial charge in [0.2, 0.25) is 0 Å². The SMILES string of the molecule is CC(C)(C)c1ccc(Cn2nc(C(=O)Nc3ccc4c(c3)OC(F)(F)O4)c3ccccc32)cc1. The summed E-state index contributed by atoms with van der Waals surface area (Å²) >= 11 is 0. The second-order valence-electron chi connectivity index (χ2n) is 9.25. The van der Waals surface area contributed by atoms with Gasteiger partial charge in [0.25, 0.3) is 5.91 Å². The highest BCUT2D eigenvalue weighted by Crippen LogP contribution is 2.42. The lowest BCUT2D eigenvalue weighted by Crippen LogP contribution is -2.25. The summed E-state index contributed by atoms with van der Waals surface area (Å²) in [5.74, 6) is -0.684. The average molecular weight is 463 g/mol. The van der Waals surface area contributed by atoms with Gasteiger partial charge in [-0.2, -0.15) is 5.10 Å². The van der Waals surface area contributed by atoms with Gasteiger partial charge in [-0.05, 0) is 34.7 Å². The van der Waals surface area contributed by atoms with E-state index < -0.39 is 12.2 Å². The van der Waals surface area contributed by atoms with E-state index in [2.05, 4.69) is 64.9 Å². The molecule has 174 valence electrons. The fraction of sp³-hybridized carbons (Fsp3) is 0.231. The van der Waals surface area contributed by atoms with Gasteiger partial charge >= 0.3 is 6.29 Å². The number of ether oxygens (including phenoxy) is 2. The van der Waals surface area contributed by atoms with Gasteiger partial charge in [-0.1, -0.05) is 63.2 Å². The molecule has 2 heterocycles. The number of carbonyl (C=O) groups is 1. The van der Waals surface area contributed by atoms with Crippen LogP contribution in [0.4, 0.5) is 14.5 Å². The molecular formula is C26H23F2N3O3. The van der Waals surface area contributed by atoms with Crippen LogP contribution in [0.15, 0.2) is 66.7 Å². The molecular weight excluding hydrogens is 440 g/mol. The predicted octanol–water partition coefficient (Wildman–Crippen LogP) is 5.96. The van der Waals surface area contributed by atoms with Crippen molar-refractivity contribution in [1.29, 1.82) is 0 Å². The summed E-state index contributed by atoms with van der Waals surface area (Å²) < 4.78 is 37.2. The number of alkyl halides is 2. The van der Waals surface area contributed by atoms with Gasteiger partial charge in [0, 0.05) is 17.1 Å². The maximum atomic E-state index is 13.3. The highest BCUT2D eigenvalue weighted by molar-refractivity contribution is 6.11. The van der Waals surface area contributed by atoms with Gasteiger partial charge < -0.3 is 14.8 Å². The molecule has 0 radical (unpaired) electrons. The summed E-state index contributed by atoms with van der Waals surface area (Å²) in [5, 5.41) is 7.98. The van der Waals surface area contributed by atoms with E-state index >= 15 is 0 Å². The Morgan fingerprint density at radius 3 is 2.44 bits per heavy atom. The van der Waals surface area contributed by atoms with E-state index in [0.29, 0.717) is 17.6 Å². The third kappa shape index (κ3) is 4.19. The van der Waals surface area contributed by atoms with Gasteiger partial charge in [0.15, 0.2) is 17.2 Å². The molecule has 6 nitrogen and oxygen atoms in total. The van der Waals surface area contributed by atoms with Crippen molar-refractivity contribution in [3.63, 3.8) is 0 Å². The maximum absolute atomic E-state index is 13.3. The number of nitrogens with zero attached hydrogens (tertiary/aromatic N) is 2. The van der Waals surface area contributed by atoms with E-state index in [1.165, 1.54) is 23.8 Å². The quantitative estimate of drug-likeness (QED) is 0.406. The lowest BCUT2D eigenvalue weighted by atomic mass is 9.87. The van der Waals surface area contributed by atoms with Gasteiger partial charge in [-0.25, -0.2) is 0 Å². The zero-order valence-electron chi connectivity index (χ0n) is 18.9. The fourth-order valence-corrected chi connectivity index (χ4v) is 3.92. The molecule has 0 bridgehead atoms. The molecule has 8 heteroatoms. The number of aromatic nitrogens is 2. The second kappa shape index (κ2) is 7.83. The van der Waals surface area contributed by atoms with Crippen molar-refractivity contribution in [2.75, 3.05) is 5.32 Å². The largest absolute Gasteiger partial charge is 0.586 e. The van der Waals surface area contributed by atoms with E-state index in [0.717, 1.165) is 11.1 Å². The molecule has 0 fully saturated rings. The van der Waals surface area contributed by atoms with E-state index in [4.69, 9.17) is 0 Å². The topological polar surface area (TPSA) is 65.4 Å². The Hall–Kier alpha value is -3.94. The summed E-state index contributed by atoms with van der Waals surface area (Å²) in [5.41, 5.74) is 3.71. The van der Waals surface area contributed by atoms with Crippen molar-refractivity contribution in [1.82, 2.24) is 9.78 Å². The highest BCUT2D eigenvalue weighted by atomic mass is 19.3. The first-order valence-corrected chi connectivity index (χ1v) is 10.9. The first-order valence-electron chi connectivity index (χ1n) is 10.9. The monoisotopic (exact) mass is 463 g/mol. The molecule has 4 aromatic rings. The Balaban J connectivity index is 1.41. The molecule has 1 aliphatic heterocycles. The Morgan fingerprint density at radius 2 is 1.71 bits per heavy atom. The van der Waals surface area contributed by atoms with E-state index in [1.54, 1.807) is 4.68 Å². The van der Waals surface area contributed by atoms with E-state index in [1.807, 2.05) is 24.3 Å². The smallest absolute Gasteiger partial charge is 0.395 e. The number of halogens is 2. The molecule has 1 aromatic heterocycles. The highest BCUT2D eigenvalue weighted by Gasteiger charge is 2.43. The number of hydrogen-bond acceptors (Lipinski definition) is 4. The molecule has 0 unspecified atom stereocenters.